The molecule has 0 amide bonds. The number of rotatable bonds is 2. The number of aromatic carboxylic acids is 1. The summed E-state index contributed by atoms with van der Waals surface area (Å²) in [5.41, 5.74) is 2.60. The highest BCUT2D eigenvalue weighted by atomic mass is 16.5. The Morgan fingerprint density at radius 3 is 2.47 bits per heavy atom. The van der Waals surface area contributed by atoms with E-state index in [0.29, 0.717) is 5.76 Å². The Hall–Kier alpha value is -2.10. The smallest absolute Gasteiger partial charge is 0.358 e. The molecule has 1 N–H and O–H groups in total. The Morgan fingerprint density at radius 2 is 1.94 bits per heavy atom. The normalized spacial score (nSPS) is 14.8. The number of hydrogen-bond acceptors (Lipinski definition) is 3. The van der Waals surface area contributed by atoms with E-state index in [1.54, 1.807) is 0 Å². The van der Waals surface area contributed by atoms with Crippen LogP contribution in [0.25, 0.3) is 0 Å². The zero-order valence-electron chi connectivity index (χ0n) is 9.09. The van der Waals surface area contributed by atoms with Crippen LogP contribution in [0.15, 0.2) is 34.9 Å². The molecule has 2 aromatic rings. The van der Waals surface area contributed by atoms with E-state index in [1.807, 2.05) is 12.1 Å². The second-order valence-corrected chi connectivity index (χ2v) is 4.29. The van der Waals surface area contributed by atoms with Gasteiger partial charge in [-0.15, -0.1) is 0 Å². The van der Waals surface area contributed by atoms with Gasteiger partial charge >= 0.3 is 5.97 Å². The summed E-state index contributed by atoms with van der Waals surface area (Å²) in [7, 11) is 0. The summed E-state index contributed by atoms with van der Waals surface area (Å²) in [6, 6.07) is 9.76. The summed E-state index contributed by atoms with van der Waals surface area (Å²) < 4.78 is 5.11. The van der Waals surface area contributed by atoms with Gasteiger partial charge < -0.3 is 9.63 Å². The number of carboxylic acid groups (broad SMARTS) is 1. The van der Waals surface area contributed by atoms with Gasteiger partial charge in [0, 0.05) is 12.0 Å². The van der Waals surface area contributed by atoms with E-state index in [-0.39, 0.29) is 11.6 Å². The van der Waals surface area contributed by atoms with Gasteiger partial charge in [-0.1, -0.05) is 29.4 Å². The molecule has 0 unspecified atom stereocenters. The molecule has 4 heteroatoms. The highest BCUT2D eigenvalue weighted by Crippen LogP contribution is 2.33. The predicted molar refractivity (Wildman–Crippen MR) is 60.1 cm³/mol. The summed E-state index contributed by atoms with van der Waals surface area (Å²) in [4.78, 5) is 10.7. The van der Waals surface area contributed by atoms with Crippen molar-refractivity contribution in [2.45, 2.75) is 18.8 Å². The molecule has 1 aromatic carbocycles. The lowest BCUT2D eigenvalue weighted by atomic mass is 10.0. The number of nitrogens with zero attached hydrogens (tertiary/aromatic N) is 1. The first-order valence-electron chi connectivity index (χ1n) is 5.51. The molecule has 86 valence electrons. The number of hydrogen-bond donors (Lipinski definition) is 1. The largest absolute Gasteiger partial charge is 0.476 e. The fourth-order valence-electron chi connectivity index (χ4n) is 2.34. The Morgan fingerprint density at radius 1 is 1.29 bits per heavy atom. The zero-order chi connectivity index (χ0) is 11.8. The monoisotopic (exact) mass is 229 g/mol. The van der Waals surface area contributed by atoms with Crippen molar-refractivity contribution in [2.24, 2.45) is 0 Å². The fraction of sp³-hybridized carbons (Fsp3) is 0.231. The molecule has 0 aliphatic heterocycles. The van der Waals surface area contributed by atoms with E-state index < -0.39 is 5.97 Å². The topological polar surface area (TPSA) is 63.3 Å². The minimum Gasteiger partial charge on any atom is -0.476 e. The zero-order valence-corrected chi connectivity index (χ0v) is 9.09. The molecule has 1 aliphatic carbocycles. The van der Waals surface area contributed by atoms with Gasteiger partial charge in [-0.05, 0) is 24.0 Å². The summed E-state index contributed by atoms with van der Waals surface area (Å²) in [6.45, 7) is 0. The standard InChI is InChI=1S/C13H11NO3/c15-13(16)11-7-12(17-14-11)10-5-8-3-1-2-4-9(8)6-10/h1-4,7,10H,5-6H2,(H,15,16). The molecule has 1 aliphatic rings. The van der Waals surface area contributed by atoms with Crippen LogP contribution in [-0.4, -0.2) is 16.2 Å². The molecule has 0 atom stereocenters. The maximum Gasteiger partial charge on any atom is 0.358 e. The van der Waals surface area contributed by atoms with Gasteiger partial charge in [0.2, 0.25) is 0 Å². The highest BCUT2D eigenvalue weighted by Gasteiger charge is 2.26. The molecule has 0 radical (unpaired) electrons. The van der Waals surface area contributed by atoms with Gasteiger partial charge in [0.25, 0.3) is 0 Å². The number of benzene rings is 1. The Bertz CT molecular complexity index is 549. The van der Waals surface area contributed by atoms with Crippen molar-refractivity contribution in [1.29, 1.82) is 0 Å². The third-order valence-corrected chi connectivity index (χ3v) is 3.20. The molecule has 4 nitrogen and oxygen atoms in total. The van der Waals surface area contributed by atoms with Gasteiger partial charge in [0.1, 0.15) is 5.76 Å². The molecule has 0 spiro atoms. The lowest BCUT2D eigenvalue weighted by Crippen LogP contribution is -1.97. The summed E-state index contributed by atoms with van der Waals surface area (Å²) in [5, 5.41) is 12.3. The molecule has 0 fully saturated rings. The van der Waals surface area contributed by atoms with Crippen LogP contribution < -0.4 is 0 Å². The van der Waals surface area contributed by atoms with Crippen molar-refractivity contribution in [1.82, 2.24) is 5.16 Å². The van der Waals surface area contributed by atoms with Crippen molar-refractivity contribution < 1.29 is 14.4 Å². The lowest BCUT2D eigenvalue weighted by Gasteiger charge is -2.01. The quantitative estimate of drug-likeness (QED) is 0.857. The van der Waals surface area contributed by atoms with Gasteiger partial charge in [-0.25, -0.2) is 4.79 Å². The number of fused-ring (bicyclic) bond motifs is 1. The highest BCUT2D eigenvalue weighted by molar-refractivity contribution is 5.85. The minimum atomic E-state index is -1.05. The third kappa shape index (κ3) is 1.71. The second-order valence-electron chi connectivity index (χ2n) is 4.29. The van der Waals surface area contributed by atoms with Gasteiger partial charge in [-0.3, -0.25) is 0 Å². The van der Waals surface area contributed by atoms with Crippen LogP contribution in [-0.2, 0) is 12.8 Å². The van der Waals surface area contributed by atoms with Gasteiger partial charge in [-0.2, -0.15) is 0 Å². The van der Waals surface area contributed by atoms with Crippen molar-refractivity contribution >= 4 is 5.97 Å². The molecular weight excluding hydrogens is 218 g/mol. The molecule has 1 aromatic heterocycles. The number of carboxylic acids is 1. The van der Waals surface area contributed by atoms with E-state index >= 15 is 0 Å². The van der Waals surface area contributed by atoms with E-state index in [1.165, 1.54) is 17.2 Å². The molecular formula is C13H11NO3. The van der Waals surface area contributed by atoms with Crippen LogP contribution in [0.2, 0.25) is 0 Å². The molecule has 17 heavy (non-hydrogen) atoms. The van der Waals surface area contributed by atoms with Crippen molar-refractivity contribution in [3.8, 4) is 0 Å². The van der Waals surface area contributed by atoms with Crippen molar-refractivity contribution in [2.75, 3.05) is 0 Å². The molecule has 0 saturated carbocycles. The van der Waals surface area contributed by atoms with Crippen molar-refractivity contribution in [3.63, 3.8) is 0 Å². The number of carbonyl (C=O) groups is 1. The molecule has 0 bridgehead atoms. The van der Waals surface area contributed by atoms with E-state index in [0.717, 1.165) is 12.8 Å². The third-order valence-electron chi connectivity index (χ3n) is 3.20. The second kappa shape index (κ2) is 3.73. The lowest BCUT2D eigenvalue weighted by molar-refractivity contribution is 0.0685. The molecule has 3 rings (SSSR count). The summed E-state index contributed by atoms with van der Waals surface area (Å²) in [5.74, 6) is -0.165. The van der Waals surface area contributed by atoms with Crippen LogP contribution in [0.4, 0.5) is 0 Å². The van der Waals surface area contributed by atoms with Crippen LogP contribution in [0.1, 0.15) is 33.3 Å². The van der Waals surface area contributed by atoms with Crippen LogP contribution in [0.5, 0.6) is 0 Å². The minimum absolute atomic E-state index is 0.0176. The maximum absolute atomic E-state index is 10.7. The Balaban J connectivity index is 1.86. The SMILES string of the molecule is O=C(O)c1cc(C2Cc3ccccc3C2)on1. The van der Waals surface area contributed by atoms with Gasteiger partial charge in [0.15, 0.2) is 5.69 Å². The average molecular weight is 229 g/mol. The first-order chi connectivity index (χ1) is 8.24. The Labute approximate surface area is 97.9 Å². The summed E-state index contributed by atoms with van der Waals surface area (Å²) in [6.07, 6.45) is 1.79. The predicted octanol–water partition coefficient (Wildman–Crippen LogP) is 2.26. The van der Waals surface area contributed by atoms with Crippen molar-refractivity contribution in [3.05, 3.63) is 52.9 Å². The van der Waals surface area contributed by atoms with Crippen LogP contribution in [0, 0.1) is 0 Å². The first kappa shape index (κ1) is 10.1. The van der Waals surface area contributed by atoms with Gasteiger partial charge in [0.05, 0.1) is 0 Å². The van der Waals surface area contributed by atoms with E-state index in [2.05, 4.69) is 17.3 Å². The first-order valence-corrected chi connectivity index (χ1v) is 5.51. The molecule has 1 heterocycles. The Kier molecular flexibility index (Phi) is 2.21. The number of aromatic nitrogens is 1. The fourth-order valence-corrected chi connectivity index (χ4v) is 2.34. The van der Waals surface area contributed by atoms with E-state index in [9.17, 15) is 4.79 Å². The maximum atomic E-state index is 10.7. The molecule has 0 saturated heterocycles. The van der Waals surface area contributed by atoms with Crippen LogP contribution in [0.3, 0.4) is 0 Å². The average Bonchev–Trinajstić information content (AvgIpc) is 2.95. The summed E-state index contributed by atoms with van der Waals surface area (Å²) >= 11 is 0. The van der Waals surface area contributed by atoms with Crippen LogP contribution >= 0.6 is 0 Å². The van der Waals surface area contributed by atoms with E-state index in [4.69, 9.17) is 9.63 Å².